The van der Waals surface area contributed by atoms with Crippen molar-refractivity contribution < 1.29 is 14.3 Å². The van der Waals surface area contributed by atoms with Crippen molar-refractivity contribution in [2.24, 2.45) is 0 Å². The van der Waals surface area contributed by atoms with Gasteiger partial charge in [-0.05, 0) is 36.2 Å². The molecule has 1 amide bonds. The number of ether oxygens (including phenoxy) is 2. The Balaban J connectivity index is 1.47. The van der Waals surface area contributed by atoms with Crippen molar-refractivity contribution in [1.29, 1.82) is 0 Å². The van der Waals surface area contributed by atoms with E-state index >= 15 is 0 Å². The monoisotopic (exact) mass is 394 g/mol. The van der Waals surface area contributed by atoms with Crippen molar-refractivity contribution in [2.45, 2.75) is 19.4 Å². The third-order valence-electron chi connectivity index (χ3n) is 5.14. The van der Waals surface area contributed by atoms with E-state index in [-0.39, 0.29) is 5.91 Å². The highest BCUT2D eigenvalue weighted by Crippen LogP contribution is 2.20. The SMILES string of the molecule is CC[C@@H](Oc1ccc(OC)cc1)C(=O)N1CCN(C/C=C/c2ccccc2)CC1. The number of nitrogens with zero attached hydrogens (tertiary/aromatic N) is 2. The Bertz CT molecular complexity index is 782. The van der Waals surface area contributed by atoms with Gasteiger partial charge in [0, 0.05) is 32.7 Å². The zero-order valence-electron chi connectivity index (χ0n) is 17.3. The molecule has 2 aromatic rings. The molecule has 1 aliphatic rings. The Morgan fingerprint density at radius 3 is 2.28 bits per heavy atom. The number of piperazine rings is 1. The lowest BCUT2D eigenvalue weighted by Crippen LogP contribution is -2.52. The van der Waals surface area contributed by atoms with Gasteiger partial charge in [0.25, 0.3) is 5.91 Å². The molecule has 1 aliphatic heterocycles. The number of rotatable bonds is 8. The minimum atomic E-state index is -0.451. The van der Waals surface area contributed by atoms with Gasteiger partial charge in [-0.15, -0.1) is 0 Å². The molecule has 1 atom stereocenters. The molecule has 154 valence electrons. The smallest absolute Gasteiger partial charge is 0.263 e. The Kier molecular flexibility index (Phi) is 7.70. The maximum atomic E-state index is 12.9. The van der Waals surface area contributed by atoms with Crippen molar-refractivity contribution in [2.75, 3.05) is 39.8 Å². The third-order valence-corrected chi connectivity index (χ3v) is 5.14. The summed E-state index contributed by atoms with van der Waals surface area (Å²) in [5.41, 5.74) is 1.21. The fraction of sp³-hybridized carbons (Fsp3) is 0.375. The van der Waals surface area contributed by atoms with Crippen LogP contribution in [-0.4, -0.2) is 61.6 Å². The average Bonchev–Trinajstić information content (AvgIpc) is 2.78. The lowest BCUT2D eigenvalue weighted by atomic mass is 10.2. The van der Waals surface area contributed by atoms with E-state index in [1.165, 1.54) is 5.56 Å². The lowest BCUT2D eigenvalue weighted by Gasteiger charge is -2.35. The Morgan fingerprint density at radius 1 is 1.00 bits per heavy atom. The molecule has 0 bridgehead atoms. The van der Waals surface area contributed by atoms with Crippen LogP contribution in [-0.2, 0) is 4.79 Å². The van der Waals surface area contributed by atoms with Crippen molar-refractivity contribution in [3.63, 3.8) is 0 Å². The highest BCUT2D eigenvalue weighted by molar-refractivity contribution is 5.81. The summed E-state index contributed by atoms with van der Waals surface area (Å²) in [6.45, 7) is 6.11. The van der Waals surface area contributed by atoms with E-state index in [1.807, 2.05) is 54.3 Å². The summed E-state index contributed by atoms with van der Waals surface area (Å²) in [5.74, 6) is 1.53. The molecule has 5 nitrogen and oxygen atoms in total. The zero-order valence-corrected chi connectivity index (χ0v) is 17.3. The minimum absolute atomic E-state index is 0.0720. The number of hydrogen-bond donors (Lipinski definition) is 0. The van der Waals surface area contributed by atoms with Crippen molar-refractivity contribution in [3.8, 4) is 11.5 Å². The van der Waals surface area contributed by atoms with Crippen molar-refractivity contribution in [1.82, 2.24) is 9.80 Å². The normalized spacial score (nSPS) is 16.0. The molecule has 2 aromatic carbocycles. The quantitative estimate of drug-likeness (QED) is 0.685. The van der Waals surface area contributed by atoms with Crippen molar-refractivity contribution >= 4 is 12.0 Å². The molecule has 3 rings (SSSR count). The second-order valence-corrected chi connectivity index (χ2v) is 7.13. The third kappa shape index (κ3) is 6.09. The van der Waals surface area contributed by atoms with Crippen LogP contribution in [0.5, 0.6) is 11.5 Å². The summed E-state index contributed by atoms with van der Waals surface area (Å²) in [6.07, 6.45) is 4.53. The van der Waals surface area contributed by atoms with Gasteiger partial charge in [-0.1, -0.05) is 49.4 Å². The van der Waals surface area contributed by atoms with E-state index in [1.54, 1.807) is 7.11 Å². The molecule has 0 N–H and O–H groups in total. The van der Waals surface area contributed by atoms with Gasteiger partial charge >= 0.3 is 0 Å². The number of carbonyl (C=O) groups excluding carboxylic acids is 1. The lowest BCUT2D eigenvalue weighted by molar-refractivity contribution is -0.140. The van der Waals surface area contributed by atoms with E-state index in [0.29, 0.717) is 12.2 Å². The summed E-state index contributed by atoms with van der Waals surface area (Å²) in [5, 5.41) is 0. The Morgan fingerprint density at radius 2 is 1.66 bits per heavy atom. The fourth-order valence-electron chi connectivity index (χ4n) is 3.38. The molecule has 1 heterocycles. The summed E-state index contributed by atoms with van der Waals surface area (Å²) in [7, 11) is 1.63. The predicted octanol–water partition coefficient (Wildman–Crippen LogP) is 3.71. The molecular formula is C24H30N2O3. The van der Waals surface area contributed by atoms with Gasteiger partial charge in [-0.25, -0.2) is 0 Å². The summed E-state index contributed by atoms with van der Waals surface area (Å²) in [6, 6.07) is 17.7. The van der Waals surface area contributed by atoms with Crippen LogP contribution < -0.4 is 9.47 Å². The first kappa shape index (κ1) is 20.9. The van der Waals surface area contributed by atoms with Crippen LogP contribution in [0.3, 0.4) is 0 Å². The van der Waals surface area contributed by atoms with Crippen LogP contribution in [0.15, 0.2) is 60.7 Å². The van der Waals surface area contributed by atoms with E-state index in [4.69, 9.17) is 9.47 Å². The van der Waals surface area contributed by atoms with Crippen LogP contribution in [0.4, 0.5) is 0 Å². The Labute approximate surface area is 173 Å². The van der Waals surface area contributed by atoms with Crippen LogP contribution in [0.25, 0.3) is 6.08 Å². The van der Waals surface area contributed by atoms with Crippen molar-refractivity contribution in [3.05, 3.63) is 66.2 Å². The van der Waals surface area contributed by atoms with Gasteiger partial charge in [-0.2, -0.15) is 0 Å². The highest BCUT2D eigenvalue weighted by Gasteiger charge is 2.27. The average molecular weight is 395 g/mol. The van der Waals surface area contributed by atoms with Gasteiger partial charge in [0.05, 0.1) is 7.11 Å². The number of carbonyl (C=O) groups is 1. The zero-order chi connectivity index (χ0) is 20.5. The molecule has 29 heavy (non-hydrogen) atoms. The molecule has 0 saturated carbocycles. The summed E-state index contributed by atoms with van der Waals surface area (Å²) < 4.78 is 11.1. The largest absolute Gasteiger partial charge is 0.497 e. The maximum Gasteiger partial charge on any atom is 0.263 e. The first-order valence-electron chi connectivity index (χ1n) is 10.2. The molecule has 0 aliphatic carbocycles. The van der Waals surface area contributed by atoms with E-state index in [2.05, 4.69) is 29.2 Å². The molecule has 0 radical (unpaired) electrons. The summed E-state index contributed by atoms with van der Waals surface area (Å²) in [4.78, 5) is 17.2. The molecule has 5 heteroatoms. The molecule has 0 spiro atoms. The highest BCUT2D eigenvalue weighted by atomic mass is 16.5. The van der Waals surface area contributed by atoms with Crippen LogP contribution in [0, 0.1) is 0 Å². The topological polar surface area (TPSA) is 42.0 Å². The first-order chi connectivity index (χ1) is 14.2. The fourth-order valence-corrected chi connectivity index (χ4v) is 3.38. The molecule has 0 aromatic heterocycles. The minimum Gasteiger partial charge on any atom is -0.497 e. The molecule has 0 unspecified atom stereocenters. The second-order valence-electron chi connectivity index (χ2n) is 7.13. The Hall–Kier alpha value is -2.79. The molecular weight excluding hydrogens is 364 g/mol. The summed E-state index contributed by atoms with van der Waals surface area (Å²) >= 11 is 0. The number of hydrogen-bond acceptors (Lipinski definition) is 4. The number of benzene rings is 2. The van der Waals surface area contributed by atoms with Crippen LogP contribution in [0.1, 0.15) is 18.9 Å². The molecule has 1 saturated heterocycles. The van der Waals surface area contributed by atoms with Crippen LogP contribution in [0.2, 0.25) is 0 Å². The first-order valence-corrected chi connectivity index (χ1v) is 10.2. The van der Waals surface area contributed by atoms with Gasteiger partial charge < -0.3 is 14.4 Å². The van der Waals surface area contributed by atoms with Gasteiger partial charge in [-0.3, -0.25) is 9.69 Å². The standard InChI is InChI=1S/C24H30N2O3/c1-3-23(29-22-13-11-21(28-2)12-14-22)24(27)26-18-16-25(17-19-26)15-7-10-20-8-5-4-6-9-20/h4-14,23H,3,15-19H2,1-2H3/b10-7+/t23-/m1/s1. The molecule has 1 fully saturated rings. The van der Waals surface area contributed by atoms with Gasteiger partial charge in [0.1, 0.15) is 11.5 Å². The number of methoxy groups -OCH3 is 1. The predicted molar refractivity (Wildman–Crippen MR) is 116 cm³/mol. The van der Waals surface area contributed by atoms with Gasteiger partial charge in [0.15, 0.2) is 6.10 Å². The van der Waals surface area contributed by atoms with Crippen LogP contribution >= 0.6 is 0 Å². The maximum absolute atomic E-state index is 12.9. The van der Waals surface area contributed by atoms with Gasteiger partial charge in [0.2, 0.25) is 0 Å². The van der Waals surface area contributed by atoms with E-state index in [9.17, 15) is 4.79 Å². The van der Waals surface area contributed by atoms with E-state index in [0.717, 1.165) is 38.5 Å². The van der Waals surface area contributed by atoms with E-state index < -0.39 is 6.10 Å². The number of amides is 1. The second kappa shape index (κ2) is 10.7.